The van der Waals surface area contributed by atoms with Crippen molar-refractivity contribution in [1.82, 2.24) is 18.3 Å². The van der Waals surface area contributed by atoms with Gasteiger partial charge in [0.15, 0.2) is 0 Å². The maximum Gasteiger partial charge on any atom is 0.356 e. The largest absolute Gasteiger partial charge is 0.356 e. The molecule has 8 aromatic rings. The molecule has 0 bridgehead atoms. The van der Waals surface area contributed by atoms with Crippen LogP contribution in [0.5, 0.6) is 0 Å². The number of fused-ring (bicyclic) bond motifs is 2. The van der Waals surface area contributed by atoms with Crippen LogP contribution in [0.1, 0.15) is 42.0 Å². The number of urea groups is 1. The summed E-state index contributed by atoms with van der Waals surface area (Å²) in [6, 6.07) is 16.1. The summed E-state index contributed by atoms with van der Waals surface area (Å²) in [7, 11) is -13.9. The van der Waals surface area contributed by atoms with Gasteiger partial charge in [0, 0.05) is 105 Å². The molecule has 77 heavy (non-hydrogen) atoms. The maximum atomic E-state index is 13.5. The van der Waals surface area contributed by atoms with Crippen LogP contribution in [0.15, 0.2) is 110 Å². The Bertz CT molecular complexity index is 3720. The van der Waals surface area contributed by atoms with Crippen molar-refractivity contribution in [1.29, 1.82) is 0 Å². The van der Waals surface area contributed by atoms with Crippen molar-refractivity contribution in [3.05, 3.63) is 132 Å². The molecule has 0 saturated carbocycles. The summed E-state index contributed by atoms with van der Waals surface area (Å²) in [5.41, 5.74) is 0.333. The predicted octanol–water partition coefficient (Wildman–Crippen LogP) is 2.83. The summed E-state index contributed by atoms with van der Waals surface area (Å²) in [4.78, 5) is 147. The summed E-state index contributed by atoms with van der Waals surface area (Å²) in [6.45, 7) is 0. The number of nitrogens with zero attached hydrogens (tertiary/aromatic N) is 4. The molecular formula is C45H44N10NaO17P4. The van der Waals surface area contributed by atoms with E-state index in [1.54, 1.807) is 0 Å². The van der Waals surface area contributed by atoms with Gasteiger partial charge in [-0.3, -0.25) is 37.4 Å². The minimum atomic E-state index is -5.02. The van der Waals surface area contributed by atoms with E-state index in [9.17, 15) is 81.4 Å². The Hall–Kier alpha value is -6.73. The normalized spacial score (nSPS) is 12.0. The quantitative estimate of drug-likeness (QED) is 0.0550. The zero-order chi connectivity index (χ0) is 55.6. The summed E-state index contributed by atoms with van der Waals surface area (Å²) in [5, 5.41) is 12.7. The van der Waals surface area contributed by atoms with E-state index in [4.69, 9.17) is 0 Å². The van der Waals surface area contributed by atoms with Gasteiger partial charge < -0.3 is 89.3 Å². The Morgan fingerprint density at radius 1 is 0.351 bits per heavy atom. The third-order valence-corrected chi connectivity index (χ3v) is 15.7. The van der Waals surface area contributed by atoms with Crippen LogP contribution in [0.4, 0.5) is 38.9 Å². The van der Waals surface area contributed by atoms with E-state index >= 15 is 0 Å². The van der Waals surface area contributed by atoms with Crippen molar-refractivity contribution in [2.24, 2.45) is 28.2 Å². The van der Waals surface area contributed by atoms with E-state index in [1.165, 1.54) is 132 Å². The van der Waals surface area contributed by atoms with Crippen molar-refractivity contribution in [3.63, 3.8) is 0 Å². The second-order valence-electron chi connectivity index (χ2n) is 17.2. The molecule has 0 saturated heterocycles. The van der Waals surface area contributed by atoms with Gasteiger partial charge in [0.2, 0.25) is 0 Å². The molecule has 0 aliphatic rings. The van der Waals surface area contributed by atoms with E-state index < -0.39 is 81.3 Å². The summed E-state index contributed by atoms with van der Waals surface area (Å²) in [6.07, 6.45) is 5.68. The van der Waals surface area contributed by atoms with Crippen molar-refractivity contribution in [2.45, 2.75) is 0 Å². The smallest absolute Gasteiger partial charge is 0.344 e. The Balaban J connectivity index is 0.00000861. The number of hydrogen-bond donors (Lipinski definition) is 14. The molecule has 0 aliphatic carbocycles. The third kappa shape index (κ3) is 12.7. The fourth-order valence-corrected chi connectivity index (χ4v) is 11.5. The first kappa shape index (κ1) is 58.0. The molecule has 14 N–H and O–H groups in total. The number of carbonyl (C=O) groups is 5. The van der Waals surface area contributed by atoms with E-state index in [2.05, 4.69) is 31.9 Å². The topological polar surface area (TPSA) is 407 Å². The van der Waals surface area contributed by atoms with Crippen LogP contribution >= 0.6 is 30.4 Å². The molecule has 27 nitrogen and oxygen atoms in total. The van der Waals surface area contributed by atoms with Gasteiger partial charge in [0.1, 0.15) is 22.8 Å². The average molecular weight is 1140 g/mol. The number of benzene rings is 4. The Morgan fingerprint density at radius 2 is 0.610 bits per heavy atom. The van der Waals surface area contributed by atoms with Crippen molar-refractivity contribution in [2.75, 3.05) is 31.9 Å². The molecule has 0 aliphatic heterocycles. The number of rotatable bonds is 14. The molecule has 0 atom stereocenters. The summed E-state index contributed by atoms with van der Waals surface area (Å²) in [5.74, 6) is -2.94. The molecule has 32 heteroatoms. The molecule has 0 spiro atoms. The SMILES string of the molecule is Cn1cc(NC(=O)Nc2cc(C(=O)Nc3cc(C(=O)Nc4cc(P(=O)(O)O)c5cccc(P(=O)(O)O)c5c4)n(C)c3)n(C)c2)cc1C(=O)Nc1cc(C(=O)Nc2cc(P(=O)(O)O)c3cccc(P(=O)(O)O)c3c2)n(C)c1.[Na]. The Morgan fingerprint density at radius 3 is 0.883 bits per heavy atom. The predicted molar refractivity (Wildman–Crippen MR) is 286 cm³/mol. The molecule has 4 aromatic carbocycles. The molecule has 8 rings (SSSR count). The first-order valence-electron chi connectivity index (χ1n) is 21.7. The molecule has 6 amide bonds. The van der Waals surface area contributed by atoms with Gasteiger partial charge in [-0.1, -0.05) is 24.3 Å². The number of hydrogen-bond acceptors (Lipinski definition) is 9. The number of aryl methyl sites for hydroxylation is 4. The molecule has 4 heterocycles. The Kier molecular flexibility index (Phi) is 16.3. The number of carbonyl (C=O) groups excluding carboxylic acids is 5. The third-order valence-electron chi connectivity index (χ3n) is 11.7. The number of nitrogens with one attached hydrogen (secondary N) is 6. The number of aromatic nitrogens is 4. The fourth-order valence-electron chi connectivity index (χ4n) is 8.34. The summed E-state index contributed by atoms with van der Waals surface area (Å²) < 4.78 is 54.8. The fraction of sp³-hybridized carbons (Fsp3) is 0.0889. The zero-order valence-corrected chi connectivity index (χ0v) is 46.3. The molecule has 0 fully saturated rings. The van der Waals surface area contributed by atoms with Gasteiger partial charge in [0.25, 0.3) is 23.6 Å². The second kappa shape index (κ2) is 21.6. The van der Waals surface area contributed by atoms with E-state index in [1.807, 2.05) is 0 Å². The minimum absolute atomic E-state index is 0. The van der Waals surface area contributed by atoms with Crippen molar-refractivity contribution >= 4 is 166 Å². The van der Waals surface area contributed by atoms with Crippen LogP contribution in [0.25, 0.3) is 21.5 Å². The monoisotopic (exact) mass is 1140 g/mol. The van der Waals surface area contributed by atoms with Crippen LogP contribution in [0.2, 0.25) is 0 Å². The van der Waals surface area contributed by atoms with Crippen molar-refractivity contribution < 1.29 is 81.4 Å². The van der Waals surface area contributed by atoms with Gasteiger partial charge in [0.05, 0.1) is 44.0 Å². The van der Waals surface area contributed by atoms with E-state index in [0.29, 0.717) is 0 Å². The maximum absolute atomic E-state index is 13.5. The first-order chi connectivity index (χ1) is 35.3. The van der Waals surface area contributed by atoms with Gasteiger partial charge in [-0.25, -0.2) is 4.79 Å². The van der Waals surface area contributed by atoms with Gasteiger partial charge in [-0.15, -0.1) is 0 Å². The van der Waals surface area contributed by atoms with E-state index in [0.717, 1.165) is 24.3 Å². The van der Waals surface area contributed by atoms with Gasteiger partial charge in [-0.05, 0) is 71.4 Å². The second-order valence-corrected chi connectivity index (χ2v) is 23.5. The van der Waals surface area contributed by atoms with E-state index in [-0.39, 0.29) is 108 Å². The van der Waals surface area contributed by atoms with Crippen LogP contribution < -0.4 is 53.1 Å². The average Bonchev–Trinajstić information content (AvgIpc) is 4.08. The van der Waals surface area contributed by atoms with Crippen molar-refractivity contribution in [3.8, 4) is 0 Å². The molecule has 4 aromatic heterocycles. The molecular weight excluding hydrogens is 1100 g/mol. The first-order valence-corrected chi connectivity index (χ1v) is 28.2. The van der Waals surface area contributed by atoms with Crippen LogP contribution in [-0.2, 0) is 46.5 Å². The number of anilines is 6. The molecule has 1 radical (unpaired) electrons. The minimum Gasteiger partial charge on any atom is -0.344 e. The molecule has 397 valence electrons. The van der Waals surface area contributed by atoms with Crippen LogP contribution in [0.3, 0.4) is 0 Å². The summed E-state index contributed by atoms with van der Waals surface area (Å²) >= 11 is 0. The van der Waals surface area contributed by atoms with Gasteiger partial charge in [-0.2, -0.15) is 0 Å². The van der Waals surface area contributed by atoms with Crippen LogP contribution in [-0.4, -0.2) is 117 Å². The standard InChI is InChI=1S/C45H44N10O17P4.Na/c1-52-19-25(13-33(52)41(56)46-23-11-31-29(39(17-23)75(67,68)69)7-5-9-37(31)73(61,62)63)48-43(58)35-15-27(21-54(35)3)50-45(60)51-28-16-36(55(4)22-28)44(59)49-26-14-34(53(2)20-26)42(57)47-24-12-32-30(40(18-24)76(70,71)72)8-6-10-38(32)74(64,65)66;/h5-22H,1-4H3,(H,46,56)(H,47,57)(H,48,58)(H,49,59)(H2,50,51,60)(H2,61,62,63)(H2,64,65,66)(H2,67,68,69)(H2,70,71,72);. The zero-order valence-electron chi connectivity index (χ0n) is 40.7. The number of amides is 6. The Labute approximate surface area is 456 Å². The van der Waals surface area contributed by atoms with Crippen LogP contribution in [0, 0.1) is 0 Å². The van der Waals surface area contributed by atoms with Gasteiger partial charge >= 0.3 is 36.4 Å². The molecule has 0 unspecified atom stereocenters.